The predicted octanol–water partition coefficient (Wildman–Crippen LogP) is 1.99. The Labute approximate surface area is 93.5 Å². The van der Waals surface area contributed by atoms with Crippen LogP contribution in [0, 0.1) is 6.92 Å². The van der Waals surface area contributed by atoms with Crippen molar-refractivity contribution >= 4 is 16.9 Å². The molecule has 0 spiro atoms. The highest BCUT2D eigenvalue weighted by Crippen LogP contribution is 2.20. The van der Waals surface area contributed by atoms with Crippen LogP contribution in [0.2, 0.25) is 0 Å². The summed E-state index contributed by atoms with van der Waals surface area (Å²) in [5.41, 5.74) is 2.79. The van der Waals surface area contributed by atoms with E-state index in [9.17, 15) is 4.79 Å². The van der Waals surface area contributed by atoms with Crippen LogP contribution < -0.4 is 0 Å². The summed E-state index contributed by atoms with van der Waals surface area (Å²) in [6.07, 6.45) is 0.0212. The molecule has 84 valence electrons. The summed E-state index contributed by atoms with van der Waals surface area (Å²) in [5, 5.41) is 14.2. The summed E-state index contributed by atoms with van der Waals surface area (Å²) in [6, 6.07) is 5.91. The van der Waals surface area contributed by atoms with E-state index < -0.39 is 5.97 Å². The van der Waals surface area contributed by atoms with Gasteiger partial charge in [-0.1, -0.05) is 12.1 Å². The minimum Gasteiger partial charge on any atom is -0.481 e. The Kier molecular flexibility index (Phi) is 2.64. The summed E-state index contributed by atoms with van der Waals surface area (Å²) in [4.78, 5) is 10.8. The number of aryl methyl sites for hydroxylation is 2. The molecule has 1 aromatic heterocycles. The lowest BCUT2D eigenvalue weighted by Gasteiger charge is -2.01. The van der Waals surface area contributed by atoms with Gasteiger partial charge in [0.1, 0.15) is 0 Å². The Morgan fingerprint density at radius 3 is 2.88 bits per heavy atom. The predicted molar refractivity (Wildman–Crippen MR) is 61.5 cm³/mol. The first kappa shape index (κ1) is 10.7. The molecule has 0 aliphatic rings. The van der Waals surface area contributed by atoms with Gasteiger partial charge in [0.2, 0.25) is 0 Å². The molecule has 0 atom stereocenters. The highest BCUT2D eigenvalue weighted by atomic mass is 16.4. The molecular weight excluding hydrogens is 204 g/mol. The van der Waals surface area contributed by atoms with E-state index >= 15 is 0 Å². The molecule has 0 amide bonds. The number of carboxylic acids is 1. The van der Waals surface area contributed by atoms with E-state index in [1.165, 1.54) is 0 Å². The monoisotopic (exact) mass is 218 g/mol. The van der Waals surface area contributed by atoms with E-state index in [1.807, 2.05) is 32.0 Å². The van der Waals surface area contributed by atoms with Crippen LogP contribution in [0.3, 0.4) is 0 Å². The molecule has 1 aromatic carbocycles. The molecule has 2 aromatic rings. The summed E-state index contributed by atoms with van der Waals surface area (Å²) in [7, 11) is 0. The van der Waals surface area contributed by atoms with Crippen LogP contribution in [-0.4, -0.2) is 20.9 Å². The number of aromatic nitrogens is 2. The average Bonchev–Trinajstić information content (AvgIpc) is 2.55. The van der Waals surface area contributed by atoms with Gasteiger partial charge in [0.05, 0.1) is 17.6 Å². The fraction of sp³-hybridized carbons (Fsp3) is 0.333. The number of nitrogens with zero attached hydrogens (tertiary/aromatic N) is 2. The molecule has 0 aliphatic heterocycles. The maximum Gasteiger partial charge on any atom is 0.309 e. The first-order chi connectivity index (χ1) is 7.61. The van der Waals surface area contributed by atoms with Crippen molar-refractivity contribution in [2.45, 2.75) is 26.8 Å². The SMILES string of the molecule is CCn1nc2cc(C)ccc2c1CC(=O)O. The van der Waals surface area contributed by atoms with E-state index in [4.69, 9.17) is 5.11 Å². The molecule has 0 unspecified atom stereocenters. The molecule has 1 heterocycles. The molecule has 4 nitrogen and oxygen atoms in total. The number of carboxylic acid groups (broad SMARTS) is 1. The van der Waals surface area contributed by atoms with Crippen LogP contribution in [0.1, 0.15) is 18.2 Å². The highest BCUT2D eigenvalue weighted by molar-refractivity contribution is 5.85. The molecule has 0 saturated carbocycles. The summed E-state index contributed by atoms with van der Waals surface area (Å²) in [6.45, 7) is 4.65. The number of rotatable bonds is 3. The van der Waals surface area contributed by atoms with Crippen molar-refractivity contribution in [1.29, 1.82) is 0 Å². The Bertz CT molecular complexity index is 543. The lowest BCUT2D eigenvalue weighted by molar-refractivity contribution is -0.136. The number of benzene rings is 1. The van der Waals surface area contributed by atoms with Gasteiger partial charge in [0.15, 0.2) is 0 Å². The summed E-state index contributed by atoms with van der Waals surface area (Å²) in [5.74, 6) is -0.822. The molecule has 0 aliphatic carbocycles. The third-order valence-electron chi connectivity index (χ3n) is 2.62. The fourth-order valence-corrected chi connectivity index (χ4v) is 1.89. The summed E-state index contributed by atoms with van der Waals surface area (Å²) < 4.78 is 1.76. The van der Waals surface area contributed by atoms with Crippen LogP contribution in [0.15, 0.2) is 18.2 Å². The second-order valence-electron chi connectivity index (χ2n) is 3.85. The molecule has 2 rings (SSSR count). The minimum atomic E-state index is -0.822. The fourth-order valence-electron chi connectivity index (χ4n) is 1.89. The molecule has 0 radical (unpaired) electrons. The van der Waals surface area contributed by atoms with Crippen LogP contribution in [0.25, 0.3) is 10.9 Å². The van der Waals surface area contributed by atoms with E-state index in [1.54, 1.807) is 4.68 Å². The first-order valence-electron chi connectivity index (χ1n) is 5.29. The smallest absolute Gasteiger partial charge is 0.309 e. The first-order valence-corrected chi connectivity index (χ1v) is 5.29. The van der Waals surface area contributed by atoms with Crippen molar-refractivity contribution in [2.24, 2.45) is 0 Å². The second-order valence-corrected chi connectivity index (χ2v) is 3.85. The molecule has 0 fully saturated rings. The quantitative estimate of drug-likeness (QED) is 0.857. The second kappa shape index (κ2) is 3.96. The minimum absolute atomic E-state index is 0.0212. The standard InChI is InChI=1S/C12H14N2O2/c1-3-14-11(7-12(15)16)9-5-4-8(2)6-10(9)13-14/h4-6H,3,7H2,1-2H3,(H,15,16). The zero-order chi connectivity index (χ0) is 11.7. The normalized spacial score (nSPS) is 10.9. The lowest BCUT2D eigenvalue weighted by Crippen LogP contribution is -2.08. The molecule has 16 heavy (non-hydrogen) atoms. The van der Waals surface area contributed by atoms with Crippen molar-refractivity contribution in [2.75, 3.05) is 0 Å². The summed E-state index contributed by atoms with van der Waals surface area (Å²) >= 11 is 0. The Hall–Kier alpha value is -1.84. The van der Waals surface area contributed by atoms with Gasteiger partial charge in [0, 0.05) is 11.9 Å². The van der Waals surface area contributed by atoms with E-state index in [0.29, 0.717) is 6.54 Å². The van der Waals surface area contributed by atoms with E-state index in [-0.39, 0.29) is 6.42 Å². The molecule has 0 saturated heterocycles. The maximum absolute atomic E-state index is 10.8. The Morgan fingerprint density at radius 2 is 2.25 bits per heavy atom. The van der Waals surface area contributed by atoms with Crippen LogP contribution >= 0.6 is 0 Å². The van der Waals surface area contributed by atoms with Crippen molar-refractivity contribution in [3.63, 3.8) is 0 Å². The average molecular weight is 218 g/mol. The maximum atomic E-state index is 10.8. The van der Waals surface area contributed by atoms with Crippen LogP contribution in [0.5, 0.6) is 0 Å². The topological polar surface area (TPSA) is 55.1 Å². The van der Waals surface area contributed by atoms with E-state index in [0.717, 1.165) is 22.2 Å². The van der Waals surface area contributed by atoms with Gasteiger partial charge < -0.3 is 5.11 Å². The van der Waals surface area contributed by atoms with Gasteiger partial charge in [-0.25, -0.2) is 0 Å². The van der Waals surface area contributed by atoms with Gasteiger partial charge in [-0.15, -0.1) is 0 Å². The van der Waals surface area contributed by atoms with Crippen molar-refractivity contribution < 1.29 is 9.90 Å². The van der Waals surface area contributed by atoms with Gasteiger partial charge in [0.25, 0.3) is 0 Å². The van der Waals surface area contributed by atoms with Gasteiger partial charge in [-0.05, 0) is 25.5 Å². The Balaban J connectivity index is 2.63. The van der Waals surface area contributed by atoms with Crippen LogP contribution in [-0.2, 0) is 17.8 Å². The third kappa shape index (κ3) is 1.78. The zero-order valence-electron chi connectivity index (χ0n) is 9.40. The molecule has 1 N–H and O–H groups in total. The molecular formula is C12H14N2O2. The Morgan fingerprint density at radius 1 is 1.50 bits per heavy atom. The highest BCUT2D eigenvalue weighted by Gasteiger charge is 2.12. The zero-order valence-corrected chi connectivity index (χ0v) is 9.40. The van der Waals surface area contributed by atoms with Crippen molar-refractivity contribution in [3.8, 4) is 0 Å². The van der Waals surface area contributed by atoms with E-state index in [2.05, 4.69) is 5.10 Å². The number of aliphatic carboxylic acids is 1. The van der Waals surface area contributed by atoms with Crippen molar-refractivity contribution in [1.82, 2.24) is 9.78 Å². The number of hydrogen-bond acceptors (Lipinski definition) is 2. The number of hydrogen-bond donors (Lipinski definition) is 1. The third-order valence-corrected chi connectivity index (χ3v) is 2.62. The molecule has 4 heteroatoms. The van der Waals surface area contributed by atoms with Gasteiger partial charge in [-0.3, -0.25) is 9.48 Å². The lowest BCUT2D eigenvalue weighted by atomic mass is 10.1. The van der Waals surface area contributed by atoms with Crippen LogP contribution in [0.4, 0.5) is 0 Å². The number of carbonyl (C=O) groups is 1. The molecule has 0 bridgehead atoms. The van der Waals surface area contributed by atoms with Gasteiger partial charge in [-0.2, -0.15) is 5.10 Å². The van der Waals surface area contributed by atoms with Gasteiger partial charge >= 0.3 is 5.97 Å². The number of fused-ring (bicyclic) bond motifs is 1. The largest absolute Gasteiger partial charge is 0.481 e. The van der Waals surface area contributed by atoms with Crippen molar-refractivity contribution in [3.05, 3.63) is 29.5 Å².